The average Bonchev–Trinajstić information content (AvgIpc) is 3.27. The van der Waals surface area contributed by atoms with Crippen LogP contribution in [0.15, 0.2) is 18.6 Å². The second-order valence-electron chi connectivity index (χ2n) is 9.02. The highest BCUT2D eigenvalue weighted by atomic mass is 35.5. The molecule has 1 atom stereocenters. The zero-order valence-electron chi connectivity index (χ0n) is 20.6. The summed E-state index contributed by atoms with van der Waals surface area (Å²) in [6.45, 7) is 0.465. The number of halogens is 1. The van der Waals surface area contributed by atoms with Gasteiger partial charge in [0.1, 0.15) is 18.2 Å². The fraction of sp³-hybridized carbons (Fsp3) is 0.636. The number of anilines is 1. The number of sulfonamides is 1. The summed E-state index contributed by atoms with van der Waals surface area (Å²) >= 11 is 0. The minimum atomic E-state index is -3.23. The second-order valence-corrected chi connectivity index (χ2v) is 11.0. The van der Waals surface area contributed by atoms with Gasteiger partial charge in [-0.15, -0.1) is 12.4 Å². The van der Waals surface area contributed by atoms with E-state index in [4.69, 9.17) is 5.73 Å². The molecule has 2 heterocycles. The van der Waals surface area contributed by atoms with Crippen LogP contribution in [0.3, 0.4) is 0 Å². The number of unbranched alkanes of at least 4 members (excludes halogenated alkanes) is 1. The number of nitrogens with zero attached hydrogens (tertiary/aromatic N) is 4. The van der Waals surface area contributed by atoms with Crippen molar-refractivity contribution in [2.45, 2.75) is 57.0 Å². The number of fused-ring (bicyclic) bond motifs is 1. The van der Waals surface area contributed by atoms with Crippen LogP contribution in [0.25, 0.3) is 11.0 Å². The van der Waals surface area contributed by atoms with Crippen LogP contribution in [0.2, 0.25) is 0 Å². The molecule has 1 amide bonds. The molecule has 2 aromatic rings. The Labute approximate surface area is 217 Å². The Hall–Kier alpha value is -2.48. The Kier molecular flexibility index (Phi) is 10.9. The Balaban J connectivity index is 0.00000456. The van der Waals surface area contributed by atoms with E-state index in [0.717, 1.165) is 25.7 Å². The Morgan fingerprint density at radius 2 is 1.94 bits per heavy atom. The highest BCUT2D eigenvalue weighted by molar-refractivity contribution is 7.89. The summed E-state index contributed by atoms with van der Waals surface area (Å²) in [7, 11) is 0.141. The van der Waals surface area contributed by atoms with Crippen molar-refractivity contribution in [1.82, 2.24) is 24.6 Å². The quantitative estimate of drug-likeness (QED) is 0.305. The predicted octanol–water partition coefficient (Wildman–Crippen LogP) is 1.54. The van der Waals surface area contributed by atoms with Crippen LogP contribution in [0.5, 0.6) is 0 Å². The van der Waals surface area contributed by atoms with Gasteiger partial charge < -0.3 is 21.1 Å². The lowest BCUT2D eigenvalue weighted by Gasteiger charge is -2.35. The number of aromatic nitrogens is 3. The van der Waals surface area contributed by atoms with Crippen molar-refractivity contribution >= 4 is 51.3 Å². The number of amides is 1. The summed E-state index contributed by atoms with van der Waals surface area (Å²) in [5, 5.41) is 12.7. The predicted molar refractivity (Wildman–Crippen MR) is 140 cm³/mol. The summed E-state index contributed by atoms with van der Waals surface area (Å²) in [5.41, 5.74) is 5.87. The van der Waals surface area contributed by atoms with E-state index >= 15 is 0 Å². The van der Waals surface area contributed by atoms with Gasteiger partial charge in [0.25, 0.3) is 0 Å². The van der Waals surface area contributed by atoms with Gasteiger partial charge in [0.2, 0.25) is 10.0 Å². The monoisotopic (exact) mass is 545 g/mol. The standard InChI is InChI=1S/C22H35N7O5S.ClH/c1-24-35(33,34)13-15-6-8-16(9-7-15)28(2)19-17-10-12-29(20(17)26-14-25-19)22(32)27-18(21(30)31)5-3-4-11-23;/h10,12,14-16,18,24H,3-9,11,13,23H2,1-2H3,(H,27,32)(H,30,31);1H/t15-,16-,18?;. The molecule has 1 fully saturated rings. The van der Waals surface area contributed by atoms with Crippen molar-refractivity contribution in [2.75, 3.05) is 31.3 Å². The number of nitrogens with two attached hydrogens (primary N) is 1. The van der Waals surface area contributed by atoms with E-state index in [2.05, 4.69) is 24.9 Å². The number of carbonyl (C=O) groups excluding carboxylic acids is 1. The molecule has 0 spiro atoms. The normalized spacial score (nSPS) is 18.9. The van der Waals surface area contributed by atoms with E-state index in [0.29, 0.717) is 42.7 Å². The van der Waals surface area contributed by atoms with Crippen LogP contribution in [-0.2, 0) is 14.8 Å². The number of carboxylic acids is 1. The van der Waals surface area contributed by atoms with Crippen LogP contribution in [0, 0.1) is 5.92 Å². The van der Waals surface area contributed by atoms with Crippen molar-refractivity contribution in [1.29, 1.82) is 0 Å². The van der Waals surface area contributed by atoms with Gasteiger partial charge in [0.15, 0.2) is 5.65 Å². The highest BCUT2D eigenvalue weighted by Crippen LogP contribution is 2.32. The summed E-state index contributed by atoms with van der Waals surface area (Å²) in [4.78, 5) is 35.2. The zero-order valence-corrected chi connectivity index (χ0v) is 22.2. The molecular formula is C22H36ClN7O5S. The van der Waals surface area contributed by atoms with Gasteiger partial charge in [0, 0.05) is 19.3 Å². The summed E-state index contributed by atoms with van der Waals surface area (Å²) in [6.07, 6.45) is 7.78. The molecule has 1 saturated carbocycles. The third-order valence-corrected chi connectivity index (χ3v) is 8.22. The SMILES string of the molecule is CNS(=O)(=O)C[C@H]1CC[C@H](N(C)c2ncnc3c2ccn3C(=O)NC(CCCCN)C(=O)O)CC1.Cl. The molecule has 2 aromatic heterocycles. The number of aliphatic carboxylic acids is 1. The molecule has 202 valence electrons. The molecule has 1 unspecified atom stereocenters. The van der Waals surface area contributed by atoms with E-state index in [1.807, 2.05) is 7.05 Å². The van der Waals surface area contributed by atoms with Crippen LogP contribution in [0.4, 0.5) is 10.6 Å². The van der Waals surface area contributed by atoms with E-state index in [1.54, 1.807) is 12.3 Å². The van der Waals surface area contributed by atoms with Crippen molar-refractivity contribution in [2.24, 2.45) is 11.7 Å². The van der Waals surface area contributed by atoms with Gasteiger partial charge in [-0.25, -0.2) is 32.7 Å². The first-order valence-electron chi connectivity index (χ1n) is 11.9. The van der Waals surface area contributed by atoms with Gasteiger partial charge in [-0.2, -0.15) is 0 Å². The molecule has 5 N–H and O–H groups in total. The van der Waals surface area contributed by atoms with Crippen LogP contribution in [0.1, 0.15) is 44.9 Å². The van der Waals surface area contributed by atoms with Gasteiger partial charge in [-0.3, -0.25) is 4.57 Å². The number of hydrogen-bond acceptors (Lipinski definition) is 8. The summed E-state index contributed by atoms with van der Waals surface area (Å²) in [6, 6.07) is 0.338. The molecule has 0 aliphatic heterocycles. The smallest absolute Gasteiger partial charge is 0.327 e. The molecular weight excluding hydrogens is 510 g/mol. The number of hydrogen-bond donors (Lipinski definition) is 4. The maximum atomic E-state index is 12.9. The van der Waals surface area contributed by atoms with Crippen molar-refractivity contribution < 1.29 is 23.1 Å². The lowest BCUT2D eigenvalue weighted by Crippen LogP contribution is -2.42. The minimum Gasteiger partial charge on any atom is -0.480 e. The molecule has 36 heavy (non-hydrogen) atoms. The molecule has 0 radical (unpaired) electrons. The third kappa shape index (κ3) is 7.28. The van der Waals surface area contributed by atoms with Crippen LogP contribution in [-0.4, -0.2) is 78.5 Å². The van der Waals surface area contributed by atoms with Crippen LogP contribution >= 0.6 is 12.4 Å². The molecule has 0 bridgehead atoms. The molecule has 0 saturated heterocycles. The van der Waals surface area contributed by atoms with Gasteiger partial charge in [-0.05, 0) is 70.5 Å². The van der Waals surface area contributed by atoms with E-state index in [1.165, 1.54) is 17.9 Å². The molecule has 1 aliphatic rings. The van der Waals surface area contributed by atoms with E-state index in [9.17, 15) is 23.1 Å². The van der Waals surface area contributed by atoms with Crippen molar-refractivity contribution in [3.05, 3.63) is 18.6 Å². The fourth-order valence-electron chi connectivity index (χ4n) is 4.62. The molecule has 3 rings (SSSR count). The van der Waals surface area contributed by atoms with Gasteiger partial charge >= 0.3 is 12.0 Å². The summed E-state index contributed by atoms with van der Waals surface area (Å²) in [5.74, 6) is -0.163. The van der Waals surface area contributed by atoms with Gasteiger partial charge in [-0.1, -0.05) is 0 Å². The lowest BCUT2D eigenvalue weighted by molar-refractivity contribution is -0.139. The second kappa shape index (κ2) is 13.2. The zero-order chi connectivity index (χ0) is 25.6. The van der Waals surface area contributed by atoms with Gasteiger partial charge in [0.05, 0.1) is 11.1 Å². The fourth-order valence-corrected chi connectivity index (χ4v) is 5.74. The molecule has 1 aliphatic carbocycles. The highest BCUT2D eigenvalue weighted by Gasteiger charge is 2.29. The maximum absolute atomic E-state index is 12.9. The van der Waals surface area contributed by atoms with E-state index in [-0.39, 0.29) is 30.1 Å². The first kappa shape index (κ1) is 29.7. The molecule has 12 nitrogen and oxygen atoms in total. The minimum absolute atomic E-state index is 0. The topological polar surface area (TPSA) is 173 Å². The molecule has 0 aromatic carbocycles. The number of carboxylic acid groups (broad SMARTS) is 1. The summed E-state index contributed by atoms with van der Waals surface area (Å²) < 4.78 is 27.4. The van der Waals surface area contributed by atoms with E-state index < -0.39 is 28.1 Å². The van der Waals surface area contributed by atoms with Crippen molar-refractivity contribution in [3.8, 4) is 0 Å². The Morgan fingerprint density at radius 3 is 2.56 bits per heavy atom. The third-order valence-electron chi connectivity index (χ3n) is 6.69. The number of carbonyl (C=O) groups is 2. The van der Waals surface area contributed by atoms with Crippen LogP contribution < -0.4 is 20.7 Å². The number of nitrogens with one attached hydrogen (secondary N) is 2. The first-order chi connectivity index (χ1) is 16.7. The van der Waals surface area contributed by atoms with Crippen molar-refractivity contribution in [3.63, 3.8) is 0 Å². The number of rotatable bonds is 11. The Bertz CT molecular complexity index is 1140. The molecule has 14 heteroatoms. The average molecular weight is 546 g/mol. The largest absolute Gasteiger partial charge is 0.480 e. The lowest BCUT2D eigenvalue weighted by atomic mass is 9.86. The Morgan fingerprint density at radius 1 is 1.25 bits per heavy atom. The first-order valence-corrected chi connectivity index (χ1v) is 13.5. The maximum Gasteiger partial charge on any atom is 0.327 e.